The summed E-state index contributed by atoms with van der Waals surface area (Å²) in [5, 5.41) is 4.21. The number of carbonyl (C=O) groups excluding carboxylic acids is 1. The van der Waals surface area contributed by atoms with Crippen LogP contribution < -0.4 is 10.2 Å². The molecule has 1 aromatic rings. The van der Waals surface area contributed by atoms with E-state index < -0.39 is 0 Å². The zero-order valence-electron chi connectivity index (χ0n) is 13.1. The van der Waals surface area contributed by atoms with Gasteiger partial charge in [0.05, 0.1) is 0 Å². The highest BCUT2D eigenvalue weighted by molar-refractivity contribution is 5.87. The second kappa shape index (κ2) is 7.25. The molecule has 0 heterocycles. The lowest BCUT2D eigenvalue weighted by molar-refractivity contribution is -0.123. The molecule has 1 aliphatic carbocycles. The molecule has 1 aliphatic rings. The Labute approximate surface area is 126 Å². The van der Waals surface area contributed by atoms with E-state index in [1.165, 1.54) is 12.0 Å². The van der Waals surface area contributed by atoms with E-state index in [0.717, 1.165) is 30.5 Å². The molecule has 21 heavy (non-hydrogen) atoms. The number of carbonyl (C=O) groups is 1. The minimum absolute atomic E-state index is 0.00512. The number of hydrogen-bond donors (Lipinski definition) is 1. The monoisotopic (exact) mass is 288 g/mol. The van der Waals surface area contributed by atoms with Gasteiger partial charge in [-0.1, -0.05) is 13.0 Å². The smallest absolute Gasteiger partial charge is 0.277 e. The maximum absolute atomic E-state index is 11.7. The van der Waals surface area contributed by atoms with E-state index in [1.54, 1.807) is 0 Å². The van der Waals surface area contributed by atoms with Crippen LogP contribution >= 0.6 is 0 Å². The van der Waals surface area contributed by atoms with E-state index in [1.807, 2.05) is 32.0 Å². The van der Waals surface area contributed by atoms with Crippen LogP contribution in [0.15, 0.2) is 23.3 Å². The molecule has 4 heteroatoms. The Hall–Kier alpha value is -1.84. The normalized spacial score (nSPS) is 20.3. The Balaban J connectivity index is 1.79. The predicted molar refractivity (Wildman–Crippen MR) is 84.6 cm³/mol. The molecule has 1 aromatic carbocycles. The topological polar surface area (TPSA) is 50.7 Å². The maximum Gasteiger partial charge on any atom is 0.277 e. The van der Waals surface area contributed by atoms with E-state index in [-0.39, 0.29) is 12.5 Å². The number of hydrazone groups is 1. The van der Waals surface area contributed by atoms with E-state index in [0.29, 0.717) is 11.7 Å². The van der Waals surface area contributed by atoms with Gasteiger partial charge in [-0.2, -0.15) is 5.10 Å². The molecule has 0 aromatic heterocycles. The number of amides is 1. The summed E-state index contributed by atoms with van der Waals surface area (Å²) in [6, 6.07) is 5.81. The summed E-state index contributed by atoms with van der Waals surface area (Å²) in [5.41, 5.74) is 6.05. The van der Waals surface area contributed by atoms with Crippen molar-refractivity contribution in [1.29, 1.82) is 0 Å². The molecule has 1 fully saturated rings. The number of aryl methyl sites for hydroxylation is 2. The largest absolute Gasteiger partial charge is 0.484 e. The Bertz CT molecular complexity index is 538. The molecule has 0 bridgehead atoms. The fourth-order valence-corrected chi connectivity index (χ4v) is 2.49. The van der Waals surface area contributed by atoms with Gasteiger partial charge >= 0.3 is 0 Å². The van der Waals surface area contributed by atoms with Crippen molar-refractivity contribution >= 4 is 11.6 Å². The van der Waals surface area contributed by atoms with Gasteiger partial charge in [-0.3, -0.25) is 4.79 Å². The summed E-state index contributed by atoms with van der Waals surface area (Å²) in [5.74, 6) is 1.17. The van der Waals surface area contributed by atoms with Crippen LogP contribution in [-0.2, 0) is 4.79 Å². The van der Waals surface area contributed by atoms with Gasteiger partial charge in [0.2, 0.25) is 0 Å². The Morgan fingerprint density at radius 2 is 2.19 bits per heavy atom. The molecule has 1 N–H and O–H groups in total. The van der Waals surface area contributed by atoms with E-state index in [4.69, 9.17) is 4.74 Å². The number of ether oxygens (including phenoxy) is 1. The highest BCUT2D eigenvalue weighted by Crippen LogP contribution is 2.21. The van der Waals surface area contributed by atoms with Gasteiger partial charge in [-0.05, 0) is 68.7 Å². The standard InChI is InChI=1S/C17H24N2O2/c1-12-5-4-6-15(9-12)18-19-17(20)11-21-16-8-7-13(2)14(3)10-16/h7-8,10,12H,4-6,9,11H2,1-3H3,(H,19,20)/b18-15-/t12-/m0/s1. The van der Waals surface area contributed by atoms with Crippen LogP contribution in [0, 0.1) is 19.8 Å². The average Bonchev–Trinajstić information content (AvgIpc) is 2.46. The molecule has 0 aliphatic heterocycles. The first-order chi connectivity index (χ1) is 10.0. The van der Waals surface area contributed by atoms with Crippen LogP contribution in [0.5, 0.6) is 5.75 Å². The fraction of sp³-hybridized carbons (Fsp3) is 0.529. The van der Waals surface area contributed by atoms with Gasteiger partial charge in [-0.15, -0.1) is 0 Å². The quantitative estimate of drug-likeness (QED) is 0.864. The Morgan fingerprint density at radius 1 is 1.38 bits per heavy atom. The number of nitrogens with zero attached hydrogens (tertiary/aromatic N) is 1. The molecule has 2 rings (SSSR count). The summed E-state index contributed by atoms with van der Waals surface area (Å²) in [6.45, 7) is 6.29. The average molecular weight is 288 g/mol. The molecule has 0 spiro atoms. The third-order valence-corrected chi connectivity index (χ3v) is 3.93. The van der Waals surface area contributed by atoms with Gasteiger partial charge < -0.3 is 4.74 Å². The van der Waals surface area contributed by atoms with Gasteiger partial charge in [0.25, 0.3) is 5.91 Å². The lowest BCUT2D eigenvalue weighted by Crippen LogP contribution is -2.27. The lowest BCUT2D eigenvalue weighted by Gasteiger charge is -2.18. The van der Waals surface area contributed by atoms with Crippen LogP contribution in [0.3, 0.4) is 0 Å². The van der Waals surface area contributed by atoms with E-state index >= 15 is 0 Å². The Morgan fingerprint density at radius 3 is 2.90 bits per heavy atom. The molecule has 114 valence electrons. The van der Waals surface area contributed by atoms with Crippen LogP contribution in [-0.4, -0.2) is 18.2 Å². The van der Waals surface area contributed by atoms with Gasteiger partial charge in [0.1, 0.15) is 5.75 Å². The van der Waals surface area contributed by atoms with Crippen molar-refractivity contribution in [2.24, 2.45) is 11.0 Å². The van der Waals surface area contributed by atoms with E-state index in [9.17, 15) is 4.79 Å². The summed E-state index contributed by atoms with van der Waals surface area (Å²) < 4.78 is 5.48. The lowest BCUT2D eigenvalue weighted by atomic mass is 9.89. The number of rotatable bonds is 4. The molecule has 4 nitrogen and oxygen atoms in total. The summed E-state index contributed by atoms with van der Waals surface area (Å²) in [7, 11) is 0. The van der Waals surface area contributed by atoms with Crippen LogP contribution in [0.2, 0.25) is 0 Å². The molecule has 0 radical (unpaired) electrons. The number of benzene rings is 1. The first-order valence-corrected chi connectivity index (χ1v) is 7.59. The van der Waals surface area contributed by atoms with Gasteiger partial charge in [0, 0.05) is 5.71 Å². The summed E-state index contributed by atoms with van der Waals surface area (Å²) in [4.78, 5) is 11.7. The molecule has 1 atom stereocenters. The van der Waals surface area contributed by atoms with Gasteiger partial charge in [-0.25, -0.2) is 5.43 Å². The molecular formula is C17H24N2O2. The minimum atomic E-state index is -0.209. The van der Waals surface area contributed by atoms with Crippen LogP contribution in [0.25, 0.3) is 0 Å². The second-order valence-corrected chi connectivity index (χ2v) is 5.95. The fourth-order valence-electron chi connectivity index (χ4n) is 2.49. The number of hydrogen-bond acceptors (Lipinski definition) is 3. The molecule has 0 saturated heterocycles. The van der Waals surface area contributed by atoms with Crippen molar-refractivity contribution < 1.29 is 9.53 Å². The minimum Gasteiger partial charge on any atom is -0.484 e. The van der Waals surface area contributed by atoms with Crippen molar-refractivity contribution in [2.45, 2.75) is 46.5 Å². The molecular weight excluding hydrogens is 264 g/mol. The van der Waals surface area contributed by atoms with Crippen LogP contribution in [0.4, 0.5) is 0 Å². The zero-order valence-corrected chi connectivity index (χ0v) is 13.1. The SMILES string of the molecule is Cc1ccc(OCC(=O)N/N=C2/CCC[C@H](C)C2)cc1C. The third kappa shape index (κ3) is 4.88. The Kier molecular flexibility index (Phi) is 5.37. The van der Waals surface area contributed by atoms with Crippen molar-refractivity contribution in [3.8, 4) is 5.75 Å². The summed E-state index contributed by atoms with van der Waals surface area (Å²) in [6.07, 6.45) is 4.39. The first-order valence-electron chi connectivity index (χ1n) is 7.59. The van der Waals surface area contributed by atoms with Crippen molar-refractivity contribution in [1.82, 2.24) is 5.43 Å². The van der Waals surface area contributed by atoms with Crippen molar-refractivity contribution in [3.63, 3.8) is 0 Å². The molecule has 1 amide bonds. The summed E-state index contributed by atoms with van der Waals surface area (Å²) >= 11 is 0. The maximum atomic E-state index is 11.7. The number of nitrogens with one attached hydrogen (secondary N) is 1. The van der Waals surface area contributed by atoms with Crippen LogP contribution in [0.1, 0.15) is 43.7 Å². The first kappa shape index (κ1) is 15.5. The predicted octanol–water partition coefficient (Wildman–Crippen LogP) is 3.36. The highest BCUT2D eigenvalue weighted by atomic mass is 16.5. The molecule has 0 unspecified atom stereocenters. The third-order valence-electron chi connectivity index (χ3n) is 3.93. The van der Waals surface area contributed by atoms with Crippen molar-refractivity contribution in [3.05, 3.63) is 29.3 Å². The van der Waals surface area contributed by atoms with E-state index in [2.05, 4.69) is 17.5 Å². The zero-order chi connectivity index (χ0) is 15.2. The van der Waals surface area contributed by atoms with Gasteiger partial charge in [0.15, 0.2) is 6.61 Å². The highest BCUT2D eigenvalue weighted by Gasteiger charge is 2.14. The second-order valence-electron chi connectivity index (χ2n) is 5.95. The van der Waals surface area contributed by atoms with Crippen molar-refractivity contribution in [2.75, 3.05) is 6.61 Å². The molecule has 1 saturated carbocycles.